The van der Waals surface area contributed by atoms with Gasteiger partial charge in [-0.15, -0.1) is 0 Å². The fourth-order valence-electron chi connectivity index (χ4n) is 2.18. The number of hydrogen-bond donors (Lipinski definition) is 1. The van der Waals surface area contributed by atoms with Crippen LogP contribution in [0.5, 0.6) is 0 Å². The topological polar surface area (TPSA) is 39.1 Å². The summed E-state index contributed by atoms with van der Waals surface area (Å²) in [6.07, 6.45) is 4.98. The highest BCUT2D eigenvalue weighted by Crippen LogP contribution is 2.27. The van der Waals surface area contributed by atoms with Crippen LogP contribution in [-0.2, 0) is 11.8 Å². The summed E-state index contributed by atoms with van der Waals surface area (Å²) in [5.74, 6) is 1.68. The maximum absolute atomic E-state index is 5.45. The summed E-state index contributed by atoms with van der Waals surface area (Å²) in [6, 6.07) is 0.331. The number of imidazole rings is 1. The third kappa shape index (κ3) is 2.21. The average Bonchev–Trinajstić information content (AvgIpc) is 2.85. The number of aromatic nitrogens is 2. The SMILES string of the molecule is CCNC(c1nccn1C)C1CCOC1. The van der Waals surface area contributed by atoms with E-state index in [9.17, 15) is 0 Å². The molecule has 1 aliphatic rings. The van der Waals surface area contributed by atoms with Gasteiger partial charge in [0.1, 0.15) is 5.82 Å². The molecule has 4 nitrogen and oxygen atoms in total. The largest absolute Gasteiger partial charge is 0.381 e. The molecule has 0 spiro atoms. The standard InChI is InChI=1S/C11H19N3O/c1-3-12-10(9-4-7-15-8-9)11-13-5-6-14(11)2/h5-6,9-10,12H,3-4,7-8H2,1-2H3. The van der Waals surface area contributed by atoms with E-state index in [1.54, 1.807) is 0 Å². The van der Waals surface area contributed by atoms with Gasteiger partial charge in [0.05, 0.1) is 12.6 Å². The van der Waals surface area contributed by atoms with Crippen LogP contribution in [-0.4, -0.2) is 29.3 Å². The van der Waals surface area contributed by atoms with E-state index in [0.29, 0.717) is 12.0 Å². The highest BCUT2D eigenvalue weighted by Gasteiger charge is 2.28. The zero-order valence-corrected chi connectivity index (χ0v) is 9.44. The highest BCUT2D eigenvalue weighted by atomic mass is 16.5. The first-order valence-corrected chi connectivity index (χ1v) is 5.61. The van der Waals surface area contributed by atoms with Gasteiger partial charge >= 0.3 is 0 Å². The fraction of sp³-hybridized carbons (Fsp3) is 0.727. The van der Waals surface area contributed by atoms with E-state index >= 15 is 0 Å². The molecule has 0 amide bonds. The van der Waals surface area contributed by atoms with Gasteiger partial charge in [0.2, 0.25) is 0 Å². The van der Waals surface area contributed by atoms with Crippen LogP contribution in [0.25, 0.3) is 0 Å². The van der Waals surface area contributed by atoms with Gasteiger partial charge in [0.25, 0.3) is 0 Å². The number of nitrogens with zero attached hydrogens (tertiary/aromatic N) is 2. The molecule has 15 heavy (non-hydrogen) atoms. The van der Waals surface area contributed by atoms with Crippen LogP contribution in [0.3, 0.4) is 0 Å². The predicted molar refractivity (Wildman–Crippen MR) is 58.6 cm³/mol. The van der Waals surface area contributed by atoms with Crippen molar-refractivity contribution >= 4 is 0 Å². The van der Waals surface area contributed by atoms with Crippen LogP contribution >= 0.6 is 0 Å². The lowest BCUT2D eigenvalue weighted by Gasteiger charge is -2.22. The van der Waals surface area contributed by atoms with E-state index in [-0.39, 0.29) is 0 Å². The van der Waals surface area contributed by atoms with Gasteiger partial charge in [-0.05, 0) is 13.0 Å². The fourth-order valence-corrected chi connectivity index (χ4v) is 2.18. The molecule has 1 aromatic rings. The van der Waals surface area contributed by atoms with E-state index in [1.165, 1.54) is 0 Å². The molecule has 4 heteroatoms. The molecular weight excluding hydrogens is 190 g/mol. The van der Waals surface area contributed by atoms with Gasteiger partial charge in [0.15, 0.2) is 0 Å². The molecule has 2 unspecified atom stereocenters. The van der Waals surface area contributed by atoms with Crippen molar-refractivity contribution in [3.05, 3.63) is 18.2 Å². The van der Waals surface area contributed by atoms with Crippen molar-refractivity contribution in [2.75, 3.05) is 19.8 Å². The van der Waals surface area contributed by atoms with Gasteiger partial charge < -0.3 is 14.6 Å². The smallest absolute Gasteiger partial charge is 0.125 e. The first-order chi connectivity index (χ1) is 7.33. The van der Waals surface area contributed by atoms with Crippen molar-refractivity contribution in [3.8, 4) is 0 Å². The molecule has 0 aliphatic carbocycles. The normalized spacial score (nSPS) is 23.2. The summed E-state index contributed by atoms with van der Waals surface area (Å²) in [5.41, 5.74) is 0. The second kappa shape index (κ2) is 4.77. The Labute approximate surface area is 90.6 Å². The molecule has 1 aromatic heterocycles. The molecule has 1 fully saturated rings. The van der Waals surface area contributed by atoms with E-state index in [2.05, 4.69) is 21.8 Å². The predicted octanol–water partition coefficient (Wildman–Crippen LogP) is 1.11. The van der Waals surface area contributed by atoms with Crippen LogP contribution in [0.1, 0.15) is 25.2 Å². The van der Waals surface area contributed by atoms with Crippen LogP contribution in [0, 0.1) is 5.92 Å². The number of aryl methyl sites for hydroxylation is 1. The third-order valence-electron chi connectivity index (χ3n) is 3.00. The second-order valence-electron chi connectivity index (χ2n) is 4.06. The minimum Gasteiger partial charge on any atom is -0.381 e. The Morgan fingerprint density at radius 2 is 2.60 bits per heavy atom. The first kappa shape index (κ1) is 10.6. The Morgan fingerprint density at radius 1 is 1.73 bits per heavy atom. The zero-order chi connectivity index (χ0) is 10.7. The highest BCUT2D eigenvalue weighted by molar-refractivity contribution is 5.01. The van der Waals surface area contributed by atoms with Crippen LogP contribution in [0.4, 0.5) is 0 Å². The summed E-state index contributed by atoms with van der Waals surface area (Å²) < 4.78 is 7.53. The Kier molecular flexibility index (Phi) is 3.38. The first-order valence-electron chi connectivity index (χ1n) is 5.61. The van der Waals surface area contributed by atoms with Gasteiger partial charge in [-0.1, -0.05) is 6.92 Å². The Bertz CT molecular complexity index is 305. The van der Waals surface area contributed by atoms with E-state index in [0.717, 1.165) is 32.0 Å². The molecule has 2 rings (SSSR count). The number of hydrogen-bond acceptors (Lipinski definition) is 3. The summed E-state index contributed by atoms with van der Waals surface area (Å²) in [4.78, 5) is 4.42. The average molecular weight is 209 g/mol. The zero-order valence-electron chi connectivity index (χ0n) is 9.44. The summed E-state index contributed by atoms with van der Waals surface area (Å²) in [7, 11) is 2.04. The molecule has 2 atom stereocenters. The number of ether oxygens (including phenoxy) is 1. The molecule has 1 N–H and O–H groups in total. The van der Waals surface area contributed by atoms with Crippen LogP contribution in [0.2, 0.25) is 0 Å². The Balaban J connectivity index is 2.15. The lowest BCUT2D eigenvalue weighted by Crippen LogP contribution is -2.30. The number of nitrogens with one attached hydrogen (secondary N) is 1. The maximum Gasteiger partial charge on any atom is 0.125 e. The molecule has 84 valence electrons. The lowest BCUT2D eigenvalue weighted by molar-refractivity contribution is 0.175. The summed E-state index contributed by atoms with van der Waals surface area (Å²) in [5, 5.41) is 3.50. The number of rotatable bonds is 4. The van der Waals surface area contributed by atoms with Crippen molar-refractivity contribution < 1.29 is 4.74 Å². The quantitative estimate of drug-likeness (QED) is 0.807. The molecule has 0 aromatic carbocycles. The Hall–Kier alpha value is -0.870. The minimum atomic E-state index is 0.331. The van der Waals surface area contributed by atoms with E-state index in [4.69, 9.17) is 4.74 Å². The van der Waals surface area contributed by atoms with Crippen molar-refractivity contribution in [1.82, 2.24) is 14.9 Å². The van der Waals surface area contributed by atoms with Crippen molar-refractivity contribution in [1.29, 1.82) is 0 Å². The van der Waals surface area contributed by atoms with Crippen LogP contribution < -0.4 is 5.32 Å². The van der Waals surface area contributed by atoms with Gasteiger partial charge in [-0.2, -0.15) is 0 Å². The van der Waals surface area contributed by atoms with Crippen LogP contribution in [0.15, 0.2) is 12.4 Å². The maximum atomic E-state index is 5.45. The molecule has 0 saturated carbocycles. The molecule has 0 radical (unpaired) electrons. The molecule has 1 aliphatic heterocycles. The Morgan fingerprint density at radius 3 is 3.13 bits per heavy atom. The molecule has 2 heterocycles. The van der Waals surface area contributed by atoms with E-state index in [1.807, 2.05) is 19.4 Å². The van der Waals surface area contributed by atoms with Crippen molar-refractivity contribution in [3.63, 3.8) is 0 Å². The summed E-state index contributed by atoms with van der Waals surface area (Å²) >= 11 is 0. The monoisotopic (exact) mass is 209 g/mol. The van der Waals surface area contributed by atoms with Gasteiger partial charge in [0, 0.05) is 32.0 Å². The van der Waals surface area contributed by atoms with Gasteiger partial charge in [-0.3, -0.25) is 0 Å². The minimum absolute atomic E-state index is 0.331. The molecule has 0 bridgehead atoms. The third-order valence-corrected chi connectivity index (χ3v) is 3.00. The van der Waals surface area contributed by atoms with Gasteiger partial charge in [-0.25, -0.2) is 4.98 Å². The van der Waals surface area contributed by atoms with E-state index < -0.39 is 0 Å². The summed E-state index contributed by atoms with van der Waals surface area (Å²) in [6.45, 7) is 4.83. The van der Waals surface area contributed by atoms with Crippen molar-refractivity contribution in [2.45, 2.75) is 19.4 Å². The molecule has 1 saturated heterocycles. The van der Waals surface area contributed by atoms with Crippen molar-refractivity contribution in [2.24, 2.45) is 13.0 Å². The second-order valence-corrected chi connectivity index (χ2v) is 4.06. The molecular formula is C11H19N3O. The lowest BCUT2D eigenvalue weighted by atomic mass is 9.98.